The average molecular weight is 330 g/mol. The van der Waals surface area contributed by atoms with Crippen LogP contribution in [0.15, 0.2) is 30.3 Å². The van der Waals surface area contributed by atoms with Crippen molar-refractivity contribution in [3.05, 3.63) is 65.0 Å². The number of hydrogen-bond acceptors (Lipinski definition) is 2. The largest absolute Gasteiger partial charge is 0.420 e. The molecule has 0 aliphatic heterocycles. The molecule has 0 aliphatic rings. The number of ether oxygens (including phenoxy) is 1. The van der Waals surface area contributed by atoms with Crippen molar-refractivity contribution in [1.82, 2.24) is 0 Å². The predicted octanol–water partition coefficient (Wildman–Crippen LogP) is 4.48. The maximum atomic E-state index is 13.5. The van der Waals surface area contributed by atoms with Crippen LogP contribution < -0.4 is 4.74 Å². The minimum atomic E-state index is -2.31. The van der Waals surface area contributed by atoms with Gasteiger partial charge in [-0.15, -0.1) is 0 Å². The summed E-state index contributed by atoms with van der Waals surface area (Å²) in [6, 6.07) is 8.17. The van der Waals surface area contributed by atoms with E-state index >= 15 is 0 Å². The molecule has 0 bridgehead atoms. The number of benzene rings is 2. The van der Waals surface area contributed by atoms with Crippen molar-refractivity contribution in [2.45, 2.75) is 19.3 Å². The van der Waals surface area contributed by atoms with E-state index in [1.54, 1.807) is 37.3 Å². The summed E-state index contributed by atoms with van der Waals surface area (Å²) < 4.78 is 70.7. The molecule has 2 rings (SSSR count). The van der Waals surface area contributed by atoms with E-state index in [1.807, 2.05) is 0 Å². The Hall–Kier alpha value is -2.44. The van der Waals surface area contributed by atoms with Crippen LogP contribution in [0.4, 0.5) is 22.0 Å². The number of rotatable bonds is 4. The van der Waals surface area contributed by atoms with Gasteiger partial charge in [0.05, 0.1) is 5.92 Å². The van der Waals surface area contributed by atoms with Crippen molar-refractivity contribution >= 4 is 5.97 Å². The molecule has 0 amide bonds. The lowest BCUT2D eigenvalue weighted by Gasteiger charge is -2.15. The van der Waals surface area contributed by atoms with Gasteiger partial charge >= 0.3 is 5.97 Å². The predicted molar refractivity (Wildman–Crippen MR) is 71.3 cm³/mol. The van der Waals surface area contributed by atoms with Crippen molar-refractivity contribution in [1.29, 1.82) is 0 Å². The van der Waals surface area contributed by atoms with Crippen LogP contribution in [0.3, 0.4) is 0 Å². The van der Waals surface area contributed by atoms with E-state index in [2.05, 4.69) is 4.74 Å². The standard InChI is InChI=1S/C16H11F5O2/c1-2-9(8-6-4-3-5-7-8)16(22)23-15-13(20)11(18)10(17)12(19)14(15)21/h3-7,9H,2H2,1H3/t9-/m1/s1. The Balaban J connectivity index is 2.37. The molecule has 0 radical (unpaired) electrons. The normalized spacial score (nSPS) is 12.1. The molecule has 2 nitrogen and oxygen atoms in total. The number of halogens is 5. The first kappa shape index (κ1) is 16.9. The highest BCUT2D eigenvalue weighted by atomic mass is 19.2. The molecule has 0 aromatic heterocycles. The van der Waals surface area contributed by atoms with E-state index in [-0.39, 0.29) is 6.42 Å². The second-order valence-corrected chi connectivity index (χ2v) is 4.69. The summed E-state index contributed by atoms with van der Waals surface area (Å²) in [7, 11) is 0. The minimum Gasteiger partial charge on any atom is -0.420 e. The van der Waals surface area contributed by atoms with Crippen LogP contribution in [-0.2, 0) is 4.79 Å². The molecule has 122 valence electrons. The molecule has 0 saturated carbocycles. The van der Waals surface area contributed by atoms with Gasteiger partial charge in [0.25, 0.3) is 0 Å². The Morgan fingerprint density at radius 3 is 1.87 bits per heavy atom. The van der Waals surface area contributed by atoms with Gasteiger partial charge in [-0.05, 0) is 12.0 Å². The van der Waals surface area contributed by atoms with Crippen LogP contribution in [0, 0.1) is 29.1 Å². The quantitative estimate of drug-likeness (QED) is 0.272. The molecule has 0 spiro atoms. The topological polar surface area (TPSA) is 26.3 Å². The van der Waals surface area contributed by atoms with Crippen LogP contribution in [0.25, 0.3) is 0 Å². The summed E-state index contributed by atoms with van der Waals surface area (Å²) in [6.07, 6.45) is 0.220. The number of carbonyl (C=O) groups is 1. The van der Waals surface area contributed by atoms with E-state index in [9.17, 15) is 26.7 Å². The first-order valence-corrected chi connectivity index (χ1v) is 6.66. The molecular formula is C16H11F5O2. The summed E-state index contributed by atoms with van der Waals surface area (Å²) in [5, 5.41) is 0. The average Bonchev–Trinajstić information content (AvgIpc) is 2.57. The van der Waals surface area contributed by atoms with E-state index in [0.717, 1.165) is 0 Å². The Labute approximate surface area is 128 Å². The zero-order valence-electron chi connectivity index (χ0n) is 11.9. The molecule has 0 fully saturated rings. The molecule has 7 heteroatoms. The molecule has 0 heterocycles. The second kappa shape index (κ2) is 6.76. The van der Waals surface area contributed by atoms with Gasteiger partial charge in [-0.2, -0.15) is 8.78 Å². The fourth-order valence-electron chi connectivity index (χ4n) is 2.07. The smallest absolute Gasteiger partial charge is 0.319 e. The molecule has 2 aromatic carbocycles. The molecule has 0 unspecified atom stereocenters. The number of hydrogen-bond donors (Lipinski definition) is 0. The van der Waals surface area contributed by atoms with Crippen molar-refractivity contribution in [2.24, 2.45) is 0 Å². The molecule has 23 heavy (non-hydrogen) atoms. The Morgan fingerprint density at radius 2 is 1.39 bits per heavy atom. The van der Waals surface area contributed by atoms with E-state index < -0.39 is 46.7 Å². The molecule has 2 aromatic rings. The minimum absolute atomic E-state index is 0.220. The molecule has 0 N–H and O–H groups in total. The van der Waals surface area contributed by atoms with Crippen molar-refractivity contribution < 1.29 is 31.5 Å². The fraction of sp³-hybridized carbons (Fsp3) is 0.188. The van der Waals surface area contributed by atoms with Crippen LogP contribution >= 0.6 is 0 Å². The summed E-state index contributed by atoms with van der Waals surface area (Å²) in [5.41, 5.74) is 0.504. The zero-order valence-corrected chi connectivity index (χ0v) is 11.9. The second-order valence-electron chi connectivity index (χ2n) is 4.69. The lowest BCUT2D eigenvalue weighted by Crippen LogP contribution is -2.20. The van der Waals surface area contributed by atoms with Crippen molar-refractivity contribution in [3.8, 4) is 5.75 Å². The molecular weight excluding hydrogens is 319 g/mol. The third kappa shape index (κ3) is 3.18. The highest BCUT2D eigenvalue weighted by Crippen LogP contribution is 2.31. The van der Waals surface area contributed by atoms with Gasteiger partial charge in [-0.3, -0.25) is 4.79 Å². The highest BCUT2D eigenvalue weighted by molar-refractivity contribution is 5.80. The van der Waals surface area contributed by atoms with Gasteiger partial charge in [0, 0.05) is 0 Å². The summed E-state index contributed by atoms with van der Waals surface area (Å²) in [6.45, 7) is 1.62. The summed E-state index contributed by atoms with van der Waals surface area (Å²) in [5.74, 6) is -14.6. The summed E-state index contributed by atoms with van der Waals surface area (Å²) in [4.78, 5) is 12.1. The van der Waals surface area contributed by atoms with Crippen molar-refractivity contribution in [2.75, 3.05) is 0 Å². The Bertz CT molecular complexity index is 702. The first-order chi connectivity index (χ1) is 10.9. The van der Waals surface area contributed by atoms with Crippen LogP contribution in [-0.4, -0.2) is 5.97 Å². The lowest BCUT2D eigenvalue weighted by molar-refractivity contribution is -0.136. The Morgan fingerprint density at radius 1 is 0.913 bits per heavy atom. The number of esters is 1. The molecule has 0 saturated heterocycles. The lowest BCUT2D eigenvalue weighted by atomic mass is 9.97. The van der Waals surface area contributed by atoms with E-state index in [4.69, 9.17) is 0 Å². The molecule has 0 aliphatic carbocycles. The monoisotopic (exact) mass is 330 g/mol. The SMILES string of the molecule is CC[C@@H](C(=O)Oc1c(F)c(F)c(F)c(F)c1F)c1ccccc1. The van der Waals surface area contributed by atoms with Crippen LogP contribution in [0.1, 0.15) is 24.8 Å². The first-order valence-electron chi connectivity index (χ1n) is 6.66. The van der Waals surface area contributed by atoms with Crippen LogP contribution in [0.2, 0.25) is 0 Å². The highest BCUT2D eigenvalue weighted by Gasteiger charge is 2.30. The zero-order chi connectivity index (χ0) is 17.1. The summed E-state index contributed by atoms with van der Waals surface area (Å²) >= 11 is 0. The Kier molecular flexibility index (Phi) is 4.98. The number of carbonyl (C=O) groups excluding carboxylic acids is 1. The van der Waals surface area contributed by atoms with Crippen LogP contribution in [0.5, 0.6) is 5.75 Å². The van der Waals surface area contributed by atoms with E-state index in [1.165, 1.54) is 0 Å². The third-order valence-electron chi connectivity index (χ3n) is 3.27. The van der Waals surface area contributed by atoms with E-state index in [0.29, 0.717) is 5.56 Å². The van der Waals surface area contributed by atoms with Crippen molar-refractivity contribution in [3.63, 3.8) is 0 Å². The van der Waals surface area contributed by atoms with Gasteiger partial charge in [-0.25, -0.2) is 13.2 Å². The third-order valence-corrected chi connectivity index (χ3v) is 3.27. The van der Waals surface area contributed by atoms with Gasteiger partial charge in [-0.1, -0.05) is 37.3 Å². The van der Waals surface area contributed by atoms with Gasteiger partial charge < -0.3 is 4.74 Å². The maximum Gasteiger partial charge on any atom is 0.319 e. The van der Waals surface area contributed by atoms with Gasteiger partial charge in [0.1, 0.15) is 0 Å². The molecule has 1 atom stereocenters. The van der Waals surface area contributed by atoms with Gasteiger partial charge in [0.15, 0.2) is 0 Å². The fourth-order valence-corrected chi connectivity index (χ4v) is 2.07. The maximum absolute atomic E-state index is 13.5. The van der Waals surface area contributed by atoms with Gasteiger partial charge in [0.2, 0.25) is 34.8 Å².